The second kappa shape index (κ2) is 9.52. The van der Waals surface area contributed by atoms with Gasteiger partial charge in [-0.15, -0.1) is 0 Å². The molecule has 2 fully saturated rings. The molecule has 8 heteroatoms. The van der Waals surface area contributed by atoms with Crippen molar-refractivity contribution in [3.05, 3.63) is 18.0 Å². The van der Waals surface area contributed by atoms with E-state index in [-0.39, 0.29) is 6.10 Å². The van der Waals surface area contributed by atoms with Crippen molar-refractivity contribution in [2.24, 2.45) is 12.0 Å². The summed E-state index contributed by atoms with van der Waals surface area (Å²) in [6, 6.07) is 0.496. The van der Waals surface area contributed by atoms with Gasteiger partial charge >= 0.3 is 0 Å². The number of hydrogen-bond donors (Lipinski definition) is 1. The molecule has 3 rings (SSSR count). The van der Waals surface area contributed by atoms with Crippen LogP contribution in [0.5, 0.6) is 0 Å². The molecule has 0 saturated carbocycles. The third kappa shape index (κ3) is 5.21. The summed E-state index contributed by atoms with van der Waals surface area (Å²) in [5.74, 6) is 0.964. The molecule has 0 bridgehead atoms. The summed E-state index contributed by atoms with van der Waals surface area (Å²) in [5, 5.41) is 7.85. The van der Waals surface area contributed by atoms with E-state index < -0.39 is 0 Å². The summed E-state index contributed by atoms with van der Waals surface area (Å²) in [6.07, 6.45) is 3.97. The Kier molecular flexibility index (Phi) is 7.09. The van der Waals surface area contributed by atoms with Gasteiger partial charge in [-0.3, -0.25) is 14.6 Å². The zero-order chi connectivity index (χ0) is 19.2. The van der Waals surface area contributed by atoms with Crippen molar-refractivity contribution in [3.63, 3.8) is 0 Å². The first-order chi connectivity index (χ1) is 13.1. The average molecular weight is 378 g/mol. The molecule has 152 valence electrons. The molecule has 3 heterocycles. The lowest BCUT2D eigenvalue weighted by atomic mass is 10.1. The van der Waals surface area contributed by atoms with Crippen molar-refractivity contribution >= 4 is 5.96 Å². The van der Waals surface area contributed by atoms with E-state index >= 15 is 0 Å². The van der Waals surface area contributed by atoms with Crippen LogP contribution in [0.1, 0.15) is 25.5 Å². The number of aliphatic imine (C=N–C) groups is 1. The van der Waals surface area contributed by atoms with E-state index in [2.05, 4.69) is 44.0 Å². The fraction of sp³-hybridized carbons (Fsp3) is 0.789. The molecular formula is C19H35N7O. The van der Waals surface area contributed by atoms with Gasteiger partial charge in [-0.05, 0) is 13.5 Å². The van der Waals surface area contributed by atoms with Crippen LogP contribution in [0.15, 0.2) is 17.4 Å². The Bertz CT molecular complexity index is 609. The minimum absolute atomic E-state index is 0.0468. The van der Waals surface area contributed by atoms with Gasteiger partial charge in [0, 0.05) is 71.2 Å². The van der Waals surface area contributed by atoms with Crippen LogP contribution in [-0.2, 0) is 11.8 Å². The summed E-state index contributed by atoms with van der Waals surface area (Å²) in [6.45, 7) is 13.6. The van der Waals surface area contributed by atoms with Crippen LogP contribution in [0, 0.1) is 0 Å². The number of rotatable bonds is 5. The molecule has 2 atom stereocenters. The summed E-state index contributed by atoms with van der Waals surface area (Å²) >= 11 is 0. The fourth-order valence-corrected chi connectivity index (χ4v) is 3.87. The summed E-state index contributed by atoms with van der Waals surface area (Å²) in [4.78, 5) is 11.9. The normalized spacial score (nSPS) is 24.2. The van der Waals surface area contributed by atoms with Crippen molar-refractivity contribution in [1.29, 1.82) is 0 Å². The molecule has 0 aromatic carbocycles. The first-order valence-electron chi connectivity index (χ1n) is 10.1. The Hall–Kier alpha value is -1.64. The first-order valence-corrected chi connectivity index (χ1v) is 10.1. The highest BCUT2D eigenvalue weighted by molar-refractivity contribution is 5.80. The van der Waals surface area contributed by atoms with Crippen LogP contribution >= 0.6 is 0 Å². The average Bonchev–Trinajstić information content (AvgIpc) is 3.15. The highest BCUT2D eigenvalue weighted by Gasteiger charge is 2.26. The highest BCUT2D eigenvalue weighted by Crippen LogP contribution is 2.21. The second-order valence-corrected chi connectivity index (χ2v) is 7.50. The molecule has 8 nitrogen and oxygen atoms in total. The minimum atomic E-state index is 0.0468. The van der Waals surface area contributed by atoms with Crippen LogP contribution in [0.25, 0.3) is 0 Å². The zero-order valence-corrected chi connectivity index (χ0v) is 17.3. The van der Waals surface area contributed by atoms with Crippen molar-refractivity contribution in [1.82, 2.24) is 29.8 Å². The van der Waals surface area contributed by atoms with Gasteiger partial charge in [0.2, 0.25) is 0 Å². The van der Waals surface area contributed by atoms with Crippen LogP contribution in [-0.4, -0.2) is 102 Å². The molecule has 0 aliphatic carbocycles. The molecule has 0 amide bonds. The first kappa shape index (κ1) is 20.1. The summed E-state index contributed by atoms with van der Waals surface area (Å²) in [5.41, 5.74) is 1.12. The molecule has 1 aromatic rings. The predicted octanol–water partition coefficient (Wildman–Crippen LogP) is 0.395. The van der Waals surface area contributed by atoms with Crippen LogP contribution in [0.2, 0.25) is 0 Å². The topological polar surface area (TPSA) is 61.2 Å². The maximum Gasteiger partial charge on any atom is 0.193 e. The van der Waals surface area contributed by atoms with Crippen LogP contribution in [0.3, 0.4) is 0 Å². The van der Waals surface area contributed by atoms with Gasteiger partial charge in [0.25, 0.3) is 0 Å². The maximum absolute atomic E-state index is 5.95. The number of piperazine rings is 1. The van der Waals surface area contributed by atoms with E-state index in [0.717, 1.165) is 50.8 Å². The largest absolute Gasteiger partial charge is 0.370 e. The second-order valence-electron chi connectivity index (χ2n) is 7.50. The molecule has 0 spiro atoms. The van der Waals surface area contributed by atoms with E-state index in [1.54, 1.807) is 0 Å². The number of aromatic nitrogens is 2. The number of guanidine groups is 1. The Morgan fingerprint density at radius 3 is 2.74 bits per heavy atom. The summed E-state index contributed by atoms with van der Waals surface area (Å²) in [7, 11) is 3.80. The van der Waals surface area contributed by atoms with Gasteiger partial charge in [0.05, 0.1) is 19.3 Å². The van der Waals surface area contributed by atoms with E-state index in [0.29, 0.717) is 12.6 Å². The number of nitrogens with one attached hydrogen (secondary N) is 1. The lowest BCUT2D eigenvalue weighted by Crippen LogP contribution is -2.54. The molecule has 2 aliphatic heterocycles. The van der Waals surface area contributed by atoms with Crippen molar-refractivity contribution in [2.75, 3.05) is 66.0 Å². The third-order valence-electron chi connectivity index (χ3n) is 5.71. The van der Waals surface area contributed by atoms with Gasteiger partial charge in [-0.1, -0.05) is 6.92 Å². The SMILES string of the molecule is CCN1CCN(C(C)CNC(=NC)N2CCOC(c3cnn(C)c3)C2)CC1. The molecule has 2 unspecified atom stereocenters. The molecular weight excluding hydrogens is 342 g/mol. The number of hydrogen-bond acceptors (Lipinski definition) is 5. The van der Waals surface area contributed by atoms with Gasteiger partial charge in [0.15, 0.2) is 5.96 Å². The smallest absolute Gasteiger partial charge is 0.193 e. The Balaban J connectivity index is 1.49. The van der Waals surface area contributed by atoms with Gasteiger partial charge in [0.1, 0.15) is 6.10 Å². The van der Waals surface area contributed by atoms with Crippen molar-refractivity contribution in [2.45, 2.75) is 26.0 Å². The zero-order valence-electron chi connectivity index (χ0n) is 17.3. The number of ether oxygens (including phenoxy) is 1. The minimum Gasteiger partial charge on any atom is -0.370 e. The lowest BCUT2D eigenvalue weighted by Gasteiger charge is -2.39. The Labute approximate surface area is 163 Å². The van der Waals surface area contributed by atoms with E-state index in [1.165, 1.54) is 13.1 Å². The number of likely N-dealkylation sites (N-methyl/N-ethyl adjacent to an activating group) is 1. The van der Waals surface area contributed by atoms with E-state index in [1.807, 2.05) is 31.2 Å². The molecule has 1 aromatic heterocycles. The standard InChI is InChI=1S/C19H35N7O/c1-5-24-6-8-25(9-7-24)16(2)12-21-19(20-3)26-10-11-27-18(15-26)17-13-22-23(4)14-17/h13-14,16,18H,5-12,15H2,1-4H3,(H,20,21). The highest BCUT2D eigenvalue weighted by atomic mass is 16.5. The lowest BCUT2D eigenvalue weighted by molar-refractivity contribution is -0.00816. The van der Waals surface area contributed by atoms with Crippen molar-refractivity contribution < 1.29 is 4.74 Å². The fourth-order valence-electron chi connectivity index (χ4n) is 3.87. The van der Waals surface area contributed by atoms with Crippen LogP contribution in [0.4, 0.5) is 0 Å². The quantitative estimate of drug-likeness (QED) is 0.592. The molecule has 27 heavy (non-hydrogen) atoms. The number of nitrogens with zero attached hydrogens (tertiary/aromatic N) is 6. The monoisotopic (exact) mass is 377 g/mol. The molecule has 2 aliphatic rings. The molecule has 1 N–H and O–H groups in total. The Morgan fingerprint density at radius 1 is 1.33 bits per heavy atom. The maximum atomic E-state index is 5.95. The number of aryl methyl sites for hydroxylation is 1. The van der Waals surface area contributed by atoms with Gasteiger partial charge < -0.3 is 19.9 Å². The molecule has 2 saturated heterocycles. The van der Waals surface area contributed by atoms with E-state index in [4.69, 9.17) is 4.74 Å². The predicted molar refractivity (Wildman–Crippen MR) is 108 cm³/mol. The van der Waals surface area contributed by atoms with Gasteiger partial charge in [-0.2, -0.15) is 5.10 Å². The van der Waals surface area contributed by atoms with Crippen LogP contribution < -0.4 is 5.32 Å². The summed E-state index contributed by atoms with van der Waals surface area (Å²) < 4.78 is 7.78. The van der Waals surface area contributed by atoms with Gasteiger partial charge in [-0.25, -0.2) is 0 Å². The molecule has 0 radical (unpaired) electrons. The Morgan fingerprint density at radius 2 is 2.11 bits per heavy atom. The third-order valence-corrected chi connectivity index (χ3v) is 5.71. The van der Waals surface area contributed by atoms with Crippen molar-refractivity contribution in [3.8, 4) is 0 Å². The van der Waals surface area contributed by atoms with E-state index in [9.17, 15) is 0 Å². The number of morpholine rings is 1.